The minimum absolute atomic E-state index is 0.136. The third-order valence-electron chi connectivity index (χ3n) is 2.57. The van der Waals surface area contributed by atoms with E-state index in [1.54, 1.807) is 0 Å². The fraction of sp³-hybridized carbons (Fsp3) is 0.364. The summed E-state index contributed by atoms with van der Waals surface area (Å²) in [4.78, 5) is 11.3. The number of benzene rings is 1. The van der Waals surface area contributed by atoms with E-state index in [-0.39, 0.29) is 5.91 Å². The minimum Gasteiger partial charge on any atom is -0.326 e. The Kier molecular flexibility index (Phi) is 2.05. The van der Waals surface area contributed by atoms with Crippen LogP contribution in [-0.4, -0.2) is 5.91 Å². The Bertz CT molecular complexity index is 333. The van der Waals surface area contributed by atoms with Crippen molar-refractivity contribution in [1.29, 1.82) is 0 Å². The van der Waals surface area contributed by atoms with Gasteiger partial charge in [0.15, 0.2) is 0 Å². The monoisotopic (exact) mass is 175 g/mol. The van der Waals surface area contributed by atoms with Gasteiger partial charge in [0, 0.05) is 12.1 Å². The van der Waals surface area contributed by atoms with Crippen LogP contribution in [0.1, 0.15) is 31.2 Å². The molecule has 0 fully saturated rings. The Labute approximate surface area is 78.0 Å². The van der Waals surface area contributed by atoms with E-state index in [4.69, 9.17) is 0 Å². The maximum Gasteiger partial charge on any atom is 0.224 e. The molecule has 0 saturated heterocycles. The van der Waals surface area contributed by atoms with Gasteiger partial charge in [-0.2, -0.15) is 0 Å². The first-order chi connectivity index (χ1) is 6.27. The van der Waals surface area contributed by atoms with Gasteiger partial charge in [-0.05, 0) is 24.0 Å². The molecular formula is C11H13NO. The molecule has 1 atom stereocenters. The maximum atomic E-state index is 11.3. The van der Waals surface area contributed by atoms with Gasteiger partial charge in [-0.15, -0.1) is 0 Å². The van der Waals surface area contributed by atoms with Crippen LogP contribution in [0.15, 0.2) is 24.3 Å². The first-order valence-electron chi connectivity index (χ1n) is 4.66. The zero-order valence-corrected chi connectivity index (χ0v) is 7.71. The van der Waals surface area contributed by atoms with E-state index in [1.165, 1.54) is 5.56 Å². The molecule has 68 valence electrons. The first-order valence-corrected chi connectivity index (χ1v) is 4.66. The quantitative estimate of drug-likeness (QED) is 0.645. The Balaban J connectivity index is 2.43. The number of carbonyl (C=O) groups is 1. The number of rotatable bonds is 0. The number of para-hydroxylation sites is 1. The average Bonchev–Trinajstić information content (AvgIpc) is 2.27. The van der Waals surface area contributed by atoms with Gasteiger partial charge in [0.1, 0.15) is 0 Å². The Morgan fingerprint density at radius 1 is 1.38 bits per heavy atom. The van der Waals surface area contributed by atoms with Crippen molar-refractivity contribution in [3.8, 4) is 0 Å². The normalized spacial score (nSPS) is 21.6. The molecule has 13 heavy (non-hydrogen) atoms. The van der Waals surface area contributed by atoms with Gasteiger partial charge in [-0.25, -0.2) is 0 Å². The van der Waals surface area contributed by atoms with Crippen molar-refractivity contribution in [2.45, 2.75) is 25.7 Å². The smallest absolute Gasteiger partial charge is 0.224 e. The number of hydrogen-bond donors (Lipinski definition) is 1. The molecule has 2 heteroatoms. The number of nitrogens with one attached hydrogen (secondary N) is 1. The van der Waals surface area contributed by atoms with Crippen LogP contribution in [0.2, 0.25) is 0 Å². The van der Waals surface area contributed by atoms with E-state index in [0.29, 0.717) is 12.3 Å². The van der Waals surface area contributed by atoms with Gasteiger partial charge in [-0.1, -0.05) is 25.1 Å². The topological polar surface area (TPSA) is 29.1 Å². The van der Waals surface area contributed by atoms with Gasteiger partial charge >= 0.3 is 0 Å². The van der Waals surface area contributed by atoms with Crippen molar-refractivity contribution >= 4 is 11.6 Å². The van der Waals surface area contributed by atoms with Crippen molar-refractivity contribution in [3.05, 3.63) is 29.8 Å². The van der Waals surface area contributed by atoms with Crippen molar-refractivity contribution in [1.82, 2.24) is 0 Å². The summed E-state index contributed by atoms with van der Waals surface area (Å²) in [6.07, 6.45) is 1.58. The van der Waals surface area contributed by atoms with Crippen LogP contribution >= 0.6 is 0 Å². The van der Waals surface area contributed by atoms with Crippen molar-refractivity contribution in [2.24, 2.45) is 0 Å². The Morgan fingerprint density at radius 3 is 3.00 bits per heavy atom. The number of carbonyl (C=O) groups excluding carboxylic acids is 1. The highest BCUT2D eigenvalue weighted by atomic mass is 16.1. The largest absolute Gasteiger partial charge is 0.326 e. The lowest BCUT2D eigenvalue weighted by atomic mass is 9.96. The molecule has 2 rings (SSSR count). The van der Waals surface area contributed by atoms with E-state index in [0.717, 1.165) is 12.1 Å². The standard InChI is InChI=1S/C11H13NO/c1-8-6-7-11(13)12-10-5-3-2-4-9(8)10/h2-5,8H,6-7H2,1H3,(H,12,13). The van der Waals surface area contributed by atoms with E-state index in [9.17, 15) is 4.79 Å². The molecule has 1 amide bonds. The molecule has 0 bridgehead atoms. The van der Waals surface area contributed by atoms with Crippen LogP contribution in [0.25, 0.3) is 0 Å². The predicted molar refractivity (Wildman–Crippen MR) is 52.7 cm³/mol. The molecule has 0 saturated carbocycles. The molecule has 0 radical (unpaired) electrons. The second kappa shape index (κ2) is 3.21. The van der Waals surface area contributed by atoms with Gasteiger partial charge in [0.2, 0.25) is 5.91 Å². The summed E-state index contributed by atoms with van der Waals surface area (Å²) < 4.78 is 0. The fourth-order valence-corrected chi connectivity index (χ4v) is 1.76. The van der Waals surface area contributed by atoms with Crippen molar-refractivity contribution in [2.75, 3.05) is 5.32 Å². The molecular weight excluding hydrogens is 162 g/mol. The lowest BCUT2D eigenvalue weighted by Crippen LogP contribution is -2.08. The van der Waals surface area contributed by atoms with E-state index in [2.05, 4.69) is 18.3 Å². The van der Waals surface area contributed by atoms with Crippen LogP contribution in [0.5, 0.6) is 0 Å². The highest BCUT2D eigenvalue weighted by molar-refractivity contribution is 5.92. The summed E-state index contributed by atoms with van der Waals surface area (Å²) in [6, 6.07) is 8.03. The van der Waals surface area contributed by atoms with Crippen LogP contribution in [0.4, 0.5) is 5.69 Å². The highest BCUT2D eigenvalue weighted by Gasteiger charge is 2.17. The Morgan fingerprint density at radius 2 is 2.15 bits per heavy atom. The molecule has 1 unspecified atom stereocenters. The third-order valence-corrected chi connectivity index (χ3v) is 2.57. The number of anilines is 1. The number of amides is 1. The zero-order chi connectivity index (χ0) is 9.26. The molecule has 1 aliphatic heterocycles. The molecule has 1 heterocycles. The third kappa shape index (κ3) is 1.57. The molecule has 1 aromatic rings. The van der Waals surface area contributed by atoms with Crippen LogP contribution in [0, 0.1) is 0 Å². The summed E-state index contributed by atoms with van der Waals surface area (Å²) in [5, 5.41) is 2.91. The van der Waals surface area contributed by atoms with Gasteiger partial charge in [0.05, 0.1) is 0 Å². The minimum atomic E-state index is 0.136. The molecule has 2 nitrogen and oxygen atoms in total. The summed E-state index contributed by atoms with van der Waals surface area (Å²) in [5.74, 6) is 0.618. The summed E-state index contributed by atoms with van der Waals surface area (Å²) in [7, 11) is 0. The fourth-order valence-electron chi connectivity index (χ4n) is 1.76. The second-order valence-corrected chi connectivity index (χ2v) is 3.58. The molecule has 1 aromatic carbocycles. The molecule has 0 aliphatic carbocycles. The van der Waals surface area contributed by atoms with Crippen LogP contribution in [0.3, 0.4) is 0 Å². The molecule has 1 aliphatic rings. The van der Waals surface area contributed by atoms with E-state index < -0.39 is 0 Å². The van der Waals surface area contributed by atoms with Crippen molar-refractivity contribution < 1.29 is 4.79 Å². The SMILES string of the molecule is CC1CCC(=O)Nc2ccccc21. The van der Waals surface area contributed by atoms with Crippen LogP contribution in [-0.2, 0) is 4.79 Å². The first kappa shape index (κ1) is 8.30. The summed E-state index contributed by atoms with van der Waals surface area (Å²) in [6.45, 7) is 2.17. The summed E-state index contributed by atoms with van der Waals surface area (Å²) in [5.41, 5.74) is 2.24. The van der Waals surface area contributed by atoms with Gasteiger partial charge < -0.3 is 5.32 Å². The lowest BCUT2D eigenvalue weighted by Gasteiger charge is -2.10. The molecule has 1 N–H and O–H groups in total. The van der Waals surface area contributed by atoms with E-state index >= 15 is 0 Å². The number of fused-ring (bicyclic) bond motifs is 1. The summed E-state index contributed by atoms with van der Waals surface area (Å²) >= 11 is 0. The zero-order valence-electron chi connectivity index (χ0n) is 7.71. The van der Waals surface area contributed by atoms with Gasteiger partial charge in [-0.3, -0.25) is 4.79 Å². The lowest BCUT2D eigenvalue weighted by molar-refractivity contribution is -0.116. The maximum absolute atomic E-state index is 11.3. The molecule has 0 spiro atoms. The van der Waals surface area contributed by atoms with Crippen LogP contribution < -0.4 is 5.32 Å². The Hall–Kier alpha value is -1.31. The van der Waals surface area contributed by atoms with E-state index in [1.807, 2.05) is 18.2 Å². The second-order valence-electron chi connectivity index (χ2n) is 3.58. The number of hydrogen-bond acceptors (Lipinski definition) is 1. The predicted octanol–water partition coefficient (Wildman–Crippen LogP) is 2.52. The van der Waals surface area contributed by atoms with Crippen molar-refractivity contribution in [3.63, 3.8) is 0 Å². The van der Waals surface area contributed by atoms with Gasteiger partial charge in [0.25, 0.3) is 0 Å². The average molecular weight is 175 g/mol. The highest BCUT2D eigenvalue weighted by Crippen LogP contribution is 2.30. The molecule has 0 aromatic heterocycles.